The number of rotatable bonds is 4. The van der Waals surface area contributed by atoms with Gasteiger partial charge in [-0.3, -0.25) is 0 Å². The summed E-state index contributed by atoms with van der Waals surface area (Å²) in [6.07, 6.45) is 1.09. The Kier molecular flexibility index (Phi) is 3.81. The van der Waals surface area contributed by atoms with Crippen LogP contribution in [0.5, 0.6) is 0 Å². The minimum Gasteiger partial charge on any atom is -0.377 e. The largest absolute Gasteiger partial charge is 0.377 e. The second-order valence-electron chi connectivity index (χ2n) is 3.04. The fourth-order valence-corrected chi connectivity index (χ4v) is 1.02. The summed E-state index contributed by atoms with van der Waals surface area (Å²) in [4.78, 5) is 0. The highest BCUT2D eigenvalue weighted by atomic mass is 16.5. The maximum absolute atomic E-state index is 5.41. The molecule has 0 N–H and O–H groups in total. The second-order valence-corrected chi connectivity index (χ2v) is 3.04. The van der Waals surface area contributed by atoms with Crippen molar-refractivity contribution in [1.29, 1.82) is 0 Å². The highest BCUT2D eigenvalue weighted by Crippen LogP contribution is 2.04. The van der Waals surface area contributed by atoms with Gasteiger partial charge in [-0.2, -0.15) is 0 Å². The highest BCUT2D eigenvalue weighted by molar-refractivity contribution is 5.20. The first-order chi connectivity index (χ1) is 5.83. The molecule has 0 saturated heterocycles. The van der Waals surface area contributed by atoms with Gasteiger partial charge in [-0.1, -0.05) is 36.8 Å². The first kappa shape index (κ1) is 9.27. The van der Waals surface area contributed by atoms with Gasteiger partial charge in [0.15, 0.2) is 0 Å². The van der Waals surface area contributed by atoms with Gasteiger partial charge in [0.1, 0.15) is 0 Å². The standard InChI is InChI=1S/C11H16O/c1-3-8-12-9-11-6-4-10(2)5-7-11/h4-7H,3,8-9H2,1-2H3. The fourth-order valence-electron chi connectivity index (χ4n) is 1.02. The molecule has 0 atom stereocenters. The molecule has 12 heavy (non-hydrogen) atoms. The summed E-state index contributed by atoms with van der Waals surface area (Å²) in [5.41, 5.74) is 2.56. The number of ether oxygens (including phenoxy) is 1. The van der Waals surface area contributed by atoms with Crippen LogP contribution < -0.4 is 0 Å². The Morgan fingerprint density at radius 2 is 1.83 bits per heavy atom. The van der Waals surface area contributed by atoms with E-state index in [0.717, 1.165) is 19.6 Å². The third-order valence-corrected chi connectivity index (χ3v) is 1.74. The van der Waals surface area contributed by atoms with Gasteiger partial charge in [-0.05, 0) is 18.9 Å². The fraction of sp³-hybridized carbons (Fsp3) is 0.455. The van der Waals surface area contributed by atoms with Crippen LogP contribution in [0.15, 0.2) is 24.3 Å². The lowest BCUT2D eigenvalue weighted by Gasteiger charge is -2.02. The molecule has 0 unspecified atom stereocenters. The molecule has 0 aliphatic rings. The minimum absolute atomic E-state index is 0.744. The van der Waals surface area contributed by atoms with Crippen molar-refractivity contribution >= 4 is 0 Å². The van der Waals surface area contributed by atoms with Gasteiger partial charge >= 0.3 is 0 Å². The predicted octanol–water partition coefficient (Wildman–Crippen LogP) is 2.92. The molecular formula is C11H16O. The maximum Gasteiger partial charge on any atom is 0.0716 e. The van der Waals surface area contributed by atoms with Gasteiger partial charge in [0, 0.05) is 6.61 Å². The van der Waals surface area contributed by atoms with E-state index in [1.807, 2.05) is 0 Å². The van der Waals surface area contributed by atoms with Gasteiger partial charge < -0.3 is 4.74 Å². The summed E-state index contributed by atoms with van der Waals surface area (Å²) in [6, 6.07) is 8.46. The topological polar surface area (TPSA) is 9.23 Å². The zero-order chi connectivity index (χ0) is 8.81. The van der Waals surface area contributed by atoms with Crippen LogP contribution in [0.25, 0.3) is 0 Å². The van der Waals surface area contributed by atoms with E-state index in [0.29, 0.717) is 0 Å². The zero-order valence-corrected chi connectivity index (χ0v) is 7.84. The van der Waals surface area contributed by atoms with Crippen molar-refractivity contribution < 1.29 is 4.74 Å². The number of hydrogen-bond acceptors (Lipinski definition) is 1. The van der Waals surface area contributed by atoms with Gasteiger partial charge in [-0.25, -0.2) is 0 Å². The Hall–Kier alpha value is -0.820. The van der Waals surface area contributed by atoms with Crippen LogP contribution >= 0.6 is 0 Å². The molecule has 0 radical (unpaired) electrons. The molecule has 0 fully saturated rings. The molecule has 0 aliphatic carbocycles. The van der Waals surface area contributed by atoms with Crippen molar-refractivity contribution in [3.05, 3.63) is 35.4 Å². The lowest BCUT2D eigenvalue weighted by atomic mass is 10.2. The third-order valence-electron chi connectivity index (χ3n) is 1.74. The monoisotopic (exact) mass is 164 g/mol. The van der Waals surface area contributed by atoms with E-state index < -0.39 is 0 Å². The summed E-state index contributed by atoms with van der Waals surface area (Å²) < 4.78 is 5.41. The van der Waals surface area contributed by atoms with Gasteiger partial charge in [0.05, 0.1) is 6.61 Å². The normalized spacial score (nSPS) is 10.2. The Labute approximate surface area is 74.4 Å². The van der Waals surface area contributed by atoms with Crippen LogP contribution in [-0.4, -0.2) is 6.61 Å². The van der Waals surface area contributed by atoms with Crippen molar-refractivity contribution in [1.82, 2.24) is 0 Å². The lowest BCUT2D eigenvalue weighted by molar-refractivity contribution is 0.121. The summed E-state index contributed by atoms with van der Waals surface area (Å²) in [7, 11) is 0. The van der Waals surface area contributed by atoms with Gasteiger partial charge in [-0.15, -0.1) is 0 Å². The number of hydrogen-bond donors (Lipinski definition) is 0. The van der Waals surface area contributed by atoms with Crippen LogP contribution in [0.3, 0.4) is 0 Å². The smallest absolute Gasteiger partial charge is 0.0716 e. The molecule has 1 heteroatoms. The van der Waals surface area contributed by atoms with Gasteiger partial charge in [0.2, 0.25) is 0 Å². The Morgan fingerprint density at radius 1 is 1.17 bits per heavy atom. The van der Waals surface area contributed by atoms with E-state index in [-0.39, 0.29) is 0 Å². The van der Waals surface area contributed by atoms with Crippen LogP contribution in [0.1, 0.15) is 24.5 Å². The van der Waals surface area contributed by atoms with Crippen LogP contribution in [-0.2, 0) is 11.3 Å². The number of benzene rings is 1. The molecule has 1 aromatic rings. The second kappa shape index (κ2) is 4.94. The molecule has 1 nitrogen and oxygen atoms in total. The first-order valence-corrected chi connectivity index (χ1v) is 4.46. The minimum atomic E-state index is 0.744. The summed E-state index contributed by atoms with van der Waals surface area (Å²) in [6.45, 7) is 5.81. The first-order valence-electron chi connectivity index (χ1n) is 4.46. The Balaban J connectivity index is 2.37. The molecular weight excluding hydrogens is 148 g/mol. The molecule has 1 rings (SSSR count). The molecule has 1 aromatic carbocycles. The Morgan fingerprint density at radius 3 is 2.42 bits per heavy atom. The van der Waals surface area contributed by atoms with Gasteiger partial charge in [0.25, 0.3) is 0 Å². The summed E-state index contributed by atoms with van der Waals surface area (Å²) in [5.74, 6) is 0. The molecule has 0 heterocycles. The predicted molar refractivity (Wildman–Crippen MR) is 51.1 cm³/mol. The Bertz CT molecular complexity index is 213. The number of aryl methyl sites for hydroxylation is 1. The average molecular weight is 164 g/mol. The SMILES string of the molecule is CCCOCc1ccc(C)cc1. The average Bonchev–Trinajstić information content (AvgIpc) is 2.09. The maximum atomic E-state index is 5.41. The van der Waals surface area contributed by atoms with Crippen LogP contribution in [0.4, 0.5) is 0 Å². The van der Waals surface area contributed by atoms with Crippen molar-refractivity contribution in [2.45, 2.75) is 26.9 Å². The van der Waals surface area contributed by atoms with E-state index in [1.54, 1.807) is 0 Å². The van der Waals surface area contributed by atoms with E-state index in [4.69, 9.17) is 4.74 Å². The molecule has 66 valence electrons. The van der Waals surface area contributed by atoms with Crippen molar-refractivity contribution in [3.8, 4) is 0 Å². The molecule has 0 bridgehead atoms. The zero-order valence-electron chi connectivity index (χ0n) is 7.84. The molecule has 0 aromatic heterocycles. The highest BCUT2D eigenvalue weighted by Gasteiger charge is 1.91. The van der Waals surface area contributed by atoms with Crippen molar-refractivity contribution in [2.75, 3.05) is 6.61 Å². The summed E-state index contributed by atoms with van der Waals surface area (Å²) in [5, 5.41) is 0. The van der Waals surface area contributed by atoms with Crippen molar-refractivity contribution in [2.24, 2.45) is 0 Å². The van der Waals surface area contributed by atoms with Crippen LogP contribution in [0.2, 0.25) is 0 Å². The quantitative estimate of drug-likeness (QED) is 0.622. The lowest BCUT2D eigenvalue weighted by Crippen LogP contribution is -1.93. The van der Waals surface area contributed by atoms with E-state index in [1.165, 1.54) is 11.1 Å². The van der Waals surface area contributed by atoms with E-state index >= 15 is 0 Å². The molecule has 0 saturated carbocycles. The molecule has 0 amide bonds. The summed E-state index contributed by atoms with van der Waals surface area (Å²) >= 11 is 0. The van der Waals surface area contributed by atoms with E-state index in [9.17, 15) is 0 Å². The molecule has 0 spiro atoms. The van der Waals surface area contributed by atoms with Crippen molar-refractivity contribution in [3.63, 3.8) is 0 Å². The third kappa shape index (κ3) is 3.05. The van der Waals surface area contributed by atoms with E-state index in [2.05, 4.69) is 38.1 Å². The van der Waals surface area contributed by atoms with Crippen LogP contribution in [0, 0.1) is 6.92 Å². The molecule has 0 aliphatic heterocycles.